The number of nitrogens with one attached hydrogen (secondary N) is 1. The zero-order valence-corrected chi connectivity index (χ0v) is 11.6. The van der Waals surface area contributed by atoms with E-state index in [4.69, 9.17) is 0 Å². The van der Waals surface area contributed by atoms with Gasteiger partial charge in [-0.2, -0.15) is 4.37 Å². The molecule has 1 aromatic heterocycles. The summed E-state index contributed by atoms with van der Waals surface area (Å²) < 4.78 is 4.44. The lowest BCUT2D eigenvalue weighted by molar-refractivity contribution is 0.446. The minimum atomic E-state index is 0.594. The van der Waals surface area contributed by atoms with Gasteiger partial charge < -0.3 is 10.2 Å². The SMILES string of the molecule is CCCc1nsc(N2CCCCC2CNC)n1. The van der Waals surface area contributed by atoms with Gasteiger partial charge in [0.05, 0.1) is 0 Å². The Morgan fingerprint density at radius 3 is 3.12 bits per heavy atom. The summed E-state index contributed by atoms with van der Waals surface area (Å²) in [7, 11) is 2.02. The first kappa shape index (κ1) is 12.8. The van der Waals surface area contributed by atoms with Crippen molar-refractivity contribution in [3.8, 4) is 0 Å². The second-order valence-electron chi connectivity index (χ2n) is 4.64. The molecule has 4 nitrogen and oxygen atoms in total. The van der Waals surface area contributed by atoms with Crippen LogP contribution >= 0.6 is 11.5 Å². The minimum absolute atomic E-state index is 0.594. The summed E-state index contributed by atoms with van der Waals surface area (Å²) in [6.07, 6.45) is 6.01. The molecule has 1 atom stereocenters. The van der Waals surface area contributed by atoms with Gasteiger partial charge in [-0.05, 0) is 32.7 Å². The molecule has 0 radical (unpaired) electrons. The van der Waals surface area contributed by atoms with Crippen LogP contribution in [0.25, 0.3) is 0 Å². The summed E-state index contributed by atoms with van der Waals surface area (Å²) >= 11 is 1.56. The summed E-state index contributed by atoms with van der Waals surface area (Å²) in [5.74, 6) is 1.02. The lowest BCUT2D eigenvalue weighted by Crippen LogP contribution is -2.45. The summed E-state index contributed by atoms with van der Waals surface area (Å²) in [4.78, 5) is 7.10. The van der Waals surface area contributed by atoms with Gasteiger partial charge in [-0.25, -0.2) is 4.98 Å². The molecular weight excluding hydrogens is 232 g/mol. The maximum atomic E-state index is 4.66. The molecule has 0 saturated carbocycles. The van der Waals surface area contributed by atoms with E-state index in [0.717, 1.165) is 36.9 Å². The van der Waals surface area contributed by atoms with E-state index in [1.807, 2.05) is 7.05 Å². The molecule has 1 aliphatic rings. The number of piperidine rings is 1. The number of hydrogen-bond acceptors (Lipinski definition) is 5. The van der Waals surface area contributed by atoms with Crippen molar-refractivity contribution in [2.24, 2.45) is 0 Å². The van der Waals surface area contributed by atoms with Gasteiger partial charge in [-0.3, -0.25) is 0 Å². The molecular formula is C12H22N4S. The molecule has 17 heavy (non-hydrogen) atoms. The Labute approximate surface area is 108 Å². The van der Waals surface area contributed by atoms with E-state index in [1.165, 1.54) is 19.3 Å². The highest BCUT2D eigenvalue weighted by atomic mass is 32.1. The summed E-state index contributed by atoms with van der Waals surface area (Å²) in [6.45, 7) is 4.35. The first-order chi connectivity index (χ1) is 8.35. The minimum Gasteiger partial charge on any atom is -0.343 e. The summed E-state index contributed by atoms with van der Waals surface area (Å²) in [6, 6.07) is 0.594. The third-order valence-electron chi connectivity index (χ3n) is 3.24. The van der Waals surface area contributed by atoms with Gasteiger partial charge in [0.1, 0.15) is 5.82 Å². The molecule has 5 heteroatoms. The Morgan fingerprint density at radius 2 is 2.35 bits per heavy atom. The smallest absolute Gasteiger partial charge is 0.205 e. The van der Waals surface area contributed by atoms with Crippen LogP contribution in [0.5, 0.6) is 0 Å². The summed E-state index contributed by atoms with van der Waals surface area (Å²) in [5, 5.41) is 4.40. The van der Waals surface area contributed by atoms with Gasteiger partial charge in [-0.1, -0.05) is 6.92 Å². The fourth-order valence-electron chi connectivity index (χ4n) is 2.39. The van der Waals surface area contributed by atoms with Crippen molar-refractivity contribution in [1.82, 2.24) is 14.7 Å². The fraction of sp³-hybridized carbons (Fsp3) is 0.833. The normalized spacial score (nSPS) is 20.8. The lowest BCUT2D eigenvalue weighted by Gasteiger charge is -2.35. The van der Waals surface area contributed by atoms with E-state index in [1.54, 1.807) is 11.5 Å². The van der Waals surface area contributed by atoms with E-state index in [0.29, 0.717) is 6.04 Å². The molecule has 0 bridgehead atoms. The predicted octanol–water partition coefficient (Wildman–Crippen LogP) is 2.07. The van der Waals surface area contributed by atoms with Crippen molar-refractivity contribution in [3.05, 3.63) is 5.82 Å². The van der Waals surface area contributed by atoms with Crippen molar-refractivity contribution < 1.29 is 0 Å². The standard InChI is InChI=1S/C12H22N4S/c1-3-6-11-14-12(17-15-11)16-8-5-4-7-10(16)9-13-2/h10,13H,3-9H2,1-2H3. The number of rotatable bonds is 5. The largest absolute Gasteiger partial charge is 0.343 e. The number of likely N-dealkylation sites (N-methyl/N-ethyl adjacent to an activating group) is 1. The van der Waals surface area contributed by atoms with Crippen LogP contribution in [0, 0.1) is 0 Å². The molecule has 0 spiro atoms. The van der Waals surface area contributed by atoms with E-state index in [-0.39, 0.29) is 0 Å². The maximum absolute atomic E-state index is 4.66. The average molecular weight is 254 g/mol. The fourth-order valence-corrected chi connectivity index (χ4v) is 3.20. The molecule has 96 valence electrons. The zero-order valence-electron chi connectivity index (χ0n) is 10.8. The Kier molecular flexibility index (Phi) is 4.74. The first-order valence-corrected chi connectivity index (χ1v) is 7.36. The van der Waals surface area contributed by atoms with Crippen LogP contribution in [-0.4, -0.2) is 35.5 Å². The van der Waals surface area contributed by atoms with Crippen LogP contribution < -0.4 is 10.2 Å². The second kappa shape index (κ2) is 6.31. The van der Waals surface area contributed by atoms with Gasteiger partial charge >= 0.3 is 0 Å². The maximum Gasteiger partial charge on any atom is 0.205 e. The van der Waals surface area contributed by atoms with Crippen LogP contribution in [0.15, 0.2) is 0 Å². The molecule has 2 heterocycles. The highest BCUT2D eigenvalue weighted by Crippen LogP contribution is 2.26. The van der Waals surface area contributed by atoms with Crippen molar-refractivity contribution in [2.75, 3.05) is 25.0 Å². The molecule has 1 N–H and O–H groups in total. The molecule has 0 aliphatic carbocycles. The third-order valence-corrected chi connectivity index (χ3v) is 4.03. The Bertz CT molecular complexity index is 337. The highest BCUT2D eigenvalue weighted by molar-refractivity contribution is 7.09. The number of aromatic nitrogens is 2. The molecule has 1 saturated heterocycles. The van der Waals surface area contributed by atoms with Crippen LogP contribution in [0.2, 0.25) is 0 Å². The predicted molar refractivity (Wildman–Crippen MR) is 72.8 cm³/mol. The van der Waals surface area contributed by atoms with Crippen molar-refractivity contribution >= 4 is 16.7 Å². The van der Waals surface area contributed by atoms with Gasteiger partial charge in [0.2, 0.25) is 5.13 Å². The Hall–Kier alpha value is -0.680. The van der Waals surface area contributed by atoms with Crippen LogP contribution in [0.1, 0.15) is 38.4 Å². The average Bonchev–Trinajstić information content (AvgIpc) is 2.79. The topological polar surface area (TPSA) is 41.1 Å². The molecule has 1 aromatic rings. The van der Waals surface area contributed by atoms with Gasteiger partial charge in [0, 0.05) is 37.1 Å². The first-order valence-electron chi connectivity index (χ1n) is 6.59. The second-order valence-corrected chi connectivity index (χ2v) is 5.37. The Morgan fingerprint density at radius 1 is 1.47 bits per heavy atom. The Balaban J connectivity index is 2.06. The highest BCUT2D eigenvalue weighted by Gasteiger charge is 2.24. The molecule has 0 aromatic carbocycles. The quantitative estimate of drug-likeness (QED) is 0.873. The van der Waals surface area contributed by atoms with E-state index < -0.39 is 0 Å². The van der Waals surface area contributed by atoms with Crippen molar-refractivity contribution in [2.45, 2.75) is 45.1 Å². The molecule has 1 aliphatic heterocycles. The van der Waals surface area contributed by atoms with Crippen LogP contribution in [-0.2, 0) is 6.42 Å². The molecule has 2 rings (SSSR count). The van der Waals surface area contributed by atoms with E-state index in [9.17, 15) is 0 Å². The third kappa shape index (κ3) is 3.16. The molecule has 0 amide bonds. The molecule has 1 unspecified atom stereocenters. The monoisotopic (exact) mass is 254 g/mol. The number of anilines is 1. The van der Waals surface area contributed by atoms with Crippen molar-refractivity contribution in [1.29, 1.82) is 0 Å². The van der Waals surface area contributed by atoms with Gasteiger partial charge in [0.15, 0.2) is 0 Å². The van der Waals surface area contributed by atoms with E-state index in [2.05, 4.69) is 26.5 Å². The zero-order chi connectivity index (χ0) is 12.1. The molecule has 1 fully saturated rings. The van der Waals surface area contributed by atoms with Crippen molar-refractivity contribution in [3.63, 3.8) is 0 Å². The van der Waals surface area contributed by atoms with Crippen LogP contribution in [0.3, 0.4) is 0 Å². The number of nitrogens with zero attached hydrogens (tertiary/aromatic N) is 3. The van der Waals surface area contributed by atoms with E-state index >= 15 is 0 Å². The van der Waals surface area contributed by atoms with Gasteiger partial charge in [-0.15, -0.1) is 0 Å². The number of hydrogen-bond donors (Lipinski definition) is 1. The van der Waals surface area contributed by atoms with Gasteiger partial charge in [0.25, 0.3) is 0 Å². The number of aryl methyl sites for hydroxylation is 1. The van der Waals surface area contributed by atoms with Crippen LogP contribution in [0.4, 0.5) is 5.13 Å². The lowest BCUT2D eigenvalue weighted by atomic mass is 10.0. The summed E-state index contributed by atoms with van der Waals surface area (Å²) in [5.41, 5.74) is 0.